The van der Waals surface area contributed by atoms with Crippen molar-refractivity contribution in [3.63, 3.8) is 0 Å². The number of aromatic nitrogens is 1. The summed E-state index contributed by atoms with van der Waals surface area (Å²) in [5, 5.41) is 5.82. The standard InChI is InChI=1S/C12H16FN3O2/c13-11-2-1-9(7-15-11)16-12(17)8-18-10-3-5-14-6-4-10/h1-2,7,10,14H,3-6,8H2,(H,16,17). The summed E-state index contributed by atoms with van der Waals surface area (Å²) < 4.78 is 18.1. The maximum atomic E-state index is 12.6. The van der Waals surface area contributed by atoms with Gasteiger partial charge in [-0.05, 0) is 38.1 Å². The van der Waals surface area contributed by atoms with Crippen molar-refractivity contribution in [2.75, 3.05) is 25.0 Å². The molecule has 0 aromatic carbocycles. The van der Waals surface area contributed by atoms with Gasteiger partial charge in [0.1, 0.15) is 6.61 Å². The third-order valence-corrected chi connectivity index (χ3v) is 2.75. The van der Waals surface area contributed by atoms with E-state index < -0.39 is 5.95 Å². The number of nitrogens with one attached hydrogen (secondary N) is 2. The molecule has 0 saturated carbocycles. The number of hydrogen-bond acceptors (Lipinski definition) is 4. The van der Waals surface area contributed by atoms with Crippen LogP contribution in [0.3, 0.4) is 0 Å². The molecule has 1 amide bonds. The summed E-state index contributed by atoms with van der Waals surface area (Å²) in [5.74, 6) is -0.819. The Morgan fingerprint density at radius 3 is 2.94 bits per heavy atom. The van der Waals surface area contributed by atoms with Gasteiger partial charge in [0.05, 0.1) is 18.0 Å². The van der Waals surface area contributed by atoms with Crippen LogP contribution in [0.4, 0.5) is 10.1 Å². The van der Waals surface area contributed by atoms with Crippen LogP contribution in [0.2, 0.25) is 0 Å². The van der Waals surface area contributed by atoms with Gasteiger partial charge in [-0.15, -0.1) is 0 Å². The van der Waals surface area contributed by atoms with Crippen molar-refractivity contribution in [1.29, 1.82) is 0 Å². The molecule has 5 nitrogen and oxygen atoms in total. The molecule has 1 fully saturated rings. The topological polar surface area (TPSA) is 63.2 Å². The molecule has 0 radical (unpaired) electrons. The van der Waals surface area contributed by atoms with Gasteiger partial charge in [-0.3, -0.25) is 4.79 Å². The van der Waals surface area contributed by atoms with E-state index in [1.165, 1.54) is 18.3 Å². The van der Waals surface area contributed by atoms with E-state index in [2.05, 4.69) is 15.6 Å². The van der Waals surface area contributed by atoms with E-state index in [0.29, 0.717) is 5.69 Å². The third-order valence-electron chi connectivity index (χ3n) is 2.75. The Bertz CT molecular complexity index is 391. The Hall–Kier alpha value is -1.53. The SMILES string of the molecule is O=C(COC1CCNCC1)Nc1ccc(F)nc1. The Kier molecular flexibility index (Phi) is 4.60. The number of ether oxygens (including phenoxy) is 1. The quantitative estimate of drug-likeness (QED) is 0.783. The van der Waals surface area contributed by atoms with Crippen LogP contribution in [0.5, 0.6) is 0 Å². The van der Waals surface area contributed by atoms with Gasteiger partial charge in [0, 0.05) is 0 Å². The molecule has 6 heteroatoms. The summed E-state index contributed by atoms with van der Waals surface area (Å²) in [4.78, 5) is 15.0. The van der Waals surface area contributed by atoms with Crippen molar-refractivity contribution < 1.29 is 13.9 Å². The average molecular weight is 253 g/mol. The van der Waals surface area contributed by atoms with Crippen LogP contribution >= 0.6 is 0 Å². The Labute approximate surface area is 105 Å². The zero-order valence-corrected chi connectivity index (χ0v) is 9.99. The fourth-order valence-electron chi connectivity index (χ4n) is 1.80. The van der Waals surface area contributed by atoms with Crippen LogP contribution in [0.25, 0.3) is 0 Å². The molecule has 0 unspecified atom stereocenters. The maximum Gasteiger partial charge on any atom is 0.250 e. The molecule has 1 aliphatic heterocycles. The lowest BCUT2D eigenvalue weighted by Gasteiger charge is -2.22. The van der Waals surface area contributed by atoms with Gasteiger partial charge in [-0.25, -0.2) is 4.98 Å². The van der Waals surface area contributed by atoms with Gasteiger partial charge < -0.3 is 15.4 Å². The van der Waals surface area contributed by atoms with Crippen LogP contribution in [0.1, 0.15) is 12.8 Å². The summed E-state index contributed by atoms with van der Waals surface area (Å²) in [5.41, 5.74) is 0.468. The van der Waals surface area contributed by atoms with Gasteiger partial charge in [0.25, 0.3) is 0 Å². The normalized spacial score (nSPS) is 16.5. The number of carbonyl (C=O) groups is 1. The number of amides is 1. The van der Waals surface area contributed by atoms with Crippen molar-refractivity contribution in [2.24, 2.45) is 0 Å². The zero-order valence-electron chi connectivity index (χ0n) is 9.99. The second-order valence-electron chi connectivity index (χ2n) is 4.18. The average Bonchev–Trinajstić information content (AvgIpc) is 2.40. The highest BCUT2D eigenvalue weighted by molar-refractivity contribution is 5.91. The molecule has 2 heterocycles. The molecule has 98 valence electrons. The molecule has 0 aliphatic carbocycles. The third kappa shape index (κ3) is 4.05. The zero-order chi connectivity index (χ0) is 12.8. The highest BCUT2D eigenvalue weighted by Gasteiger charge is 2.14. The number of carbonyl (C=O) groups excluding carboxylic acids is 1. The number of nitrogens with zero attached hydrogens (tertiary/aromatic N) is 1. The molecule has 1 aliphatic rings. The molecule has 2 rings (SSSR count). The number of hydrogen-bond donors (Lipinski definition) is 2. The van der Waals surface area contributed by atoms with E-state index in [9.17, 15) is 9.18 Å². The lowest BCUT2D eigenvalue weighted by atomic mass is 10.1. The lowest BCUT2D eigenvalue weighted by molar-refractivity contribution is -0.123. The predicted octanol–water partition coefficient (Wildman–Crippen LogP) is 0.928. The highest BCUT2D eigenvalue weighted by Crippen LogP contribution is 2.08. The smallest absolute Gasteiger partial charge is 0.250 e. The van der Waals surface area contributed by atoms with E-state index in [1.807, 2.05) is 0 Å². The number of halogens is 1. The monoisotopic (exact) mass is 253 g/mol. The minimum Gasteiger partial charge on any atom is -0.368 e. The molecule has 0 bridgehead atoms. The van der Waals surface area contributed by atoms with Gasteiger partial charge in [-0.2, -0.15) is 4.39 Å². The molecule has 2 N–H and O–H groups in total. The summed E-state index contributed by atoms with van der Waals surface area (Å²) in [6.07, 6.45) is 3.26. The Morgan fingerprint density at radius 1 is 1.50 bits per heavy atom. The molecule has 1 aromatic rings. The summed E-state index contributed by atoms with van der Waals surface area (Å²) in [6.45, 7) is 1.87. The predicted molar refractivity (Wildman–Crippen MR) is 64.7 cm³/mol. The van der Waals surface area contributed by atoms with Crippen LogP contribution in [-0.2, 0) is 9.53 Å². The summed E-state index contributed by atoms with van der Waals surface area (Å²) >= 11 is 0. The van der Waals surface area contributed by atoms with Gasteiger partial charge in [0.2, 0.25) is 11.9 Å². The molecule has 0 spiro atoms. The fourth-order valence-corrected chi connectivity index (χ4v) is 1.80. The fraction of sp³-hybridized carbons (Fsp3) is 0.500. The van der Waals surface area contributed by atoms with Crippen molar-refractivity contribution in [3.8, 4) is 0 Å². The largest absolute Gasteiger partial charge is 0.368 e. The van der Waals surface area contributed by atoms with E-state index in [4.69, 9.17) is 4.74 Å². The Balaban J connectivity index is 1.73. The van der Waals surface area contributed by atoms with E-state index in [0.717, 1.165) is 25.9 Å². The molecule has 1 aromatic heterocycles. The number of anilines is 1. The molecule has 18 heavy (non-hydrogen) atoms. The number of rotatable bonds is 4. The second-order valence-corrected chi connectivity index (χ2v) is 4.18. The first kappa shape index (κ1) is 12.9. The molecule has 0 atom stereocenters. The minimum absolute atomic E-state index is 0.0159. The number of piperidine rings is 1. The van der Waals surface area contributed by atoms with Crippen LogP contribution in [-0.4, -0.2) is 36.7 Å². The van der Waals surface area contributed by atoms with Crippen molar-refractivity contribution in [3.05, 3.63) is 24.3 Å². The van der Waals surface area contributed by atoms with Crippen molar-refractivity contribution in [2.45, 2.75) is 18.9 Å². The second kappa shape index (κ2) is 6.42. The Morgan fingerprint density at radius 2 is 2.28 bits per heavy atom. The van der Waals surface area contributed by atoms with Gasteiger partial charge in [0.15, 0.2) is 0 Å². The minimum atomic E-state index is -0.570. The van der Waals surface area contributed by atoms with Crippen LogP contribution < -0.4 is 10.6 Å². The maximum absolute atomic E-state index is 12.6. The molecule has 1 saturated heterocycles. The molecular formula is C12H16FN3O2. The van der Waals surface area contributed by atoms with Crippen molar-refractivity contribution in [1.82, 2.24) is 10.3 Å². The van der Waals surface area contributed by atoms with Crippen LogP contribution in [0.15, 0.2) is 18.3 Å². The molecular weight excluding hydrogens is 237 g/mol. The lowest BCUT2D eigenvalue weighted by Crippen LogP contribution is -2.34. The summed E-state index contributed by atoms with van der Waals surface area (Å²) in [7, 11) is 0. The van der Waals surface area contributed by atoms with Gasteiger partial charge in [-0.1, -0.05) is 0 Å². The van der Waals surface area contributed by atoms with E-state index >= 15 is 0 Å². The highest BCUT2D eigenvalue weighted by atomic mass is 19.1. The van der Waals surface area contributed by atoms with Crippen molar-refractivity contribution >= 4 is 11.6 Å². The number of pyridine rings is 1. The van der Waals surface area contributed by atoms with Crippen LogP contribution in [0, 0.1) is 5.95 Å². The van der Waals surface area contributed by atoms with E-state index in [1.54, 1.807) is 0 Å². The van der Waals surface area contributed by atoms with Gasteiger partial charge >= 0.3 is 0 Å². The summed E-state index contributed by atoms with van der Waals surface area (Å²) in [6, 6.07) is 2.66. The van der Waals surface area contributed by atoms with E-state index in [-0.39, 0.29) is 18.6 Å². The first-order valence-electron chi connectivity index (χ1n) is 5.98. The first-order valence-corrected chi connectivity index (χ1v) is 5.98. The first-order chi connectivity index (χ1) is 8.74.